The fraction of sp³-hybridized carbons (Fsp3) is 0.214. The topological polar surface area (TPSA) is 30.2 Å². The summed E-state index contributed by atoms with van der Waals surface area (Å²) < 4.78 is 44.5. The van der Waals surface area contributed by atoms with Crippen molar-refractivity contribution in [3.8, 4) is 0 Å². The Labute approximate surface area is 121 Å². The van der Waals surface area contributed by atoms with Gasteiger partial charge in [0.15, 0.2) is 5.78 Å². The summed E-state index contributed by atoms with van der Waals surface area (Å²) in [6.45, 7) is 3.18. The van der Waals surface area contributed by atoms with Crippen molar-refractivity contribution in [1.29, 1.82) is 0 Å². The van der Waals surface area contributed by atoms with Crippen molar-refractivity contribution in [1.82, 2.24) is 0 Å². The molecule has 0 spiro atoms. The van der Waals surface area contributed by atoms with Crippen LogP contribution in [0.4, 0.5) is 13.2 Å². The molecule has 0 unspecified atom stereocenters. The largest absolute Gasteiger partial charge is 0.466 e. The van der Waals surface area contributed by atoms with Gasteiger partial charge < -0.3 is 4.42 Å². The number of alkyl halides is 3. The van der Waals surface area contributed by atoms with Gasteiger partial charge in [0.25, 0.3) is 0 Å². The predicted octanol–water partition coefficient (Wildman–Crippen LogP) is 4.91. The van der Waals surface area contributed by atoms with E-state index in [0.717, 1.165) is 12.1 Å². The van der Waals surface area contributed by atoms with Crippen LogP contribution in [-0.4, -0.2) is 5.78 Å². The number of halogens is 4. The Morgan fingerprint density at radius 2 is 1.80 bits per heavy atom. The lowest BCUT2D eigenvalue weighted by molar-refractivity contribution is -0.137. The highest BCUT2D eigenvalue weighted by Crippen LogP contribution is 2.35. The normalized spacial score (nSPS) is 11.7. The van der Waals surface area contributed by atoms with Crippen molar-refractivity contribution in [2.75, 3.05) is 0 Å². The molecule has 1 aromatic carbocycles. The smallest absolute Gasteiger partial charge is 0.417 e. The number of rotatable bonds is 2. The molecule has 0 aliphatic heterocycles. The third-order valence-electron chi connectivity index (χ3n) is 2.82. The molecule has 0 atom stereocenters. The number of furan rings is 1. The molecule has 0 aliphatic rings. The van der Waals surface area contributed by atoms with E-state index in [-0.39, 0.29) is 15.6 Å². The zero-order chi connectivity index (χ0) is 15.1. The molecule has 0 amide bonds. The van der Waals surface area contributed by atoms with Crippen molar-refractivity contribution in [2.24, 2.45) is 0 Å². The summed E-state index contributed by atoms with van der Waals surface area (Å²) >= 11 is 2.98. The highest BCUT2D eigenvalue weighted by molar-refractivity contribution is 9.10. The third kappa shape index (κ3) is 2.80. The van der Waals surface area contributed by atoms with E-state index in [9.17, 15) is 18.0 Å². The maximum absolute atomic E-state index is 13.0. The van der Waals surface area contributed by atoms with Gasteiger partial charge in [0.05, 0.1) is 11.1 Å². The summed E-state index contributed by atoms with van der Waals surface area (Å²) in [5, 5.41) is 0. The Bertz CT molecular complexity index is 672. The molecule has 20 heavy (non-hydrogen) atoms. The van der Waals surface area contributed by atoms with Crippen molar-refractivity contribution in [2.45, 2.75) is 20.0 Å². The van der Waals surface area contributed by atoms with Gasteiger partial charge in [-0.05, 0) is 38.1 Å². The van der Waals surface area contributed by atoms with Crippen LogP contribution in [0.25, 0.3) is 0 Å². The van der Waals surface area contributed by atoms with Gasteiger partial charge in [-0.3, -0.25) is 4.79 Å². The fourth-order valence-electron chi connectivity index (χ4n) is 1.95. The average molecular weight is 347 g/mol. The first kappa shape index (κ1) is 14.8. The summed E-state index contributed by atoms with van der Waals surface area (Å²) in [5.74, 6) is 0.0965. The highest BCUT2D eigenvalue weighted by atomic mass is 79.9. The maximum atomic E-state index is 13.0. The van der Waals surface area contributed by atoms with Gasteiger partial charge in [-0.15, -0.1) is 0 Å². The quantitative estimate of drug-likeness (QED) is 0.723. The lowest BCUT2D eigenvalue weighted by atomic mass is 9.98. The van der Waals surface area contributed by atoms with E-state index in [4.69, 9.17) is 4.42 Å². The molecule has 2 nitrogen and oxygen atoms in total. The van der Waals surface area contributed by atoms with E-state index in [2.05, 4.69) is 15.9 Å². The predicted molar refractivity (Wildman–Crippen MR) is 70.8 cm³/mol. The molecule has 0 saturated carbocycles. The molecule has 0 bridgehead atoms. The van der Waals surface area contributed by atoms with Crippen LogP contribution in [-0.2, 0) is 6.18 Å². The monoisotopic (exact) mass is 346 g/mol. The number of benzene rings is 1. The maximum Gasteiger partial charge on any atom is 0.417 e. The first-order chi connectivity index (χ1) is 9.20. The molecule has 0 saturated heterocycles. The molecule has 0 radical (unpaired) electrons. The second-order valence-electron chi connectivity index (χ2n) is 4.34. The van der Waals surface area contributed by atoms with Crippen LogP contribution < -0.4 is 0 Å². The SMILES string of the molecule is Cc1cc(C(=O)c2ccc(Br)cc2C(F)(F)F)c(C)o1. The van der Waals surface area contributed by atoms with Crippen LogP contribution in [0.2, 0.25) is 0 Å². The molecular weight excluding hydrogens is 337 g/mol. The highest BCUT2D eigenvalue weighted by Gasteiger charge is 2.36. The van der Waals surface area contributed by atoms with E-state index in [1.54, 1.807) is 13.8 Å². The van der Waals surface area contributed by atoms with Gasteiger partial charge in [-0.25, -0.2) is 0 Å². The van der Waals surface area contributed by atoms with Crippen LogP contribution in [0.3, 0.4) is 0 Å². The third-order valence-corrected chi connectivity index (χ3v) is 3.31. The molecule has 1 aromatic heterocycles. The van der Waals surface area contributed by atoms with Crippen LogP contribution in [0.5, 0.6) is 0 Å². The van der Waals surface area contributed by atoms with Crippen molar-refractivity contribution >= 4 is 21.7 Å². The Kier molecular flexibility index (Phi) is 3.77. The molecule has 0 aliphatic carbocycles. The standard InChI is InChI=1S/C14H10BrF3O2/c1-7-5-11(8(2)20-7)13(19)10-4-3-9(15)6-12(10)14(16,17)18/h3-6H,1-2H3. The number of aryl methyl sites for hydroxylation is 2. The lowest BCUT2D eigenvalue weighted by Gasteiger charge is -2.12. The van der Waals surface area contributed by atoms with E-state index in [1.165, 1.54) is 12.1 Å². The van der Waals surface area contributed by atoms with E-state index < -0.39 is 17.5 Å². The lowest BCUT2D eigenvalue weighted by Crippen LogP contribution is -2.14. The minimum Gasteiger partial charge on any atom is -0.466 e. The van der Waals surface area contributed by atoms with Crippen LogP contribution in [0.1, 0.15) is 33.0 Å². The Balaban J connectivity index is 2.58. The Hall–Kier alpha value is -1.56. The number of hydrogen-bond donors (Lipinski definition) is 0. The van der Waals surface area contributed by atoms with Crippen molar-refractivity contribution < 1.29 is 22.4 Å². The van der Waals surface area contributed by atoms with Gasteiger partial charge >= 0.3 is 6.18 Å². The van der Waals surface area contributed by atoms with Gasteiger partial charge in [-0.2, -0.15) is 13.2 Å². The Morgan fingerprint density at radius 3 is 2.30 bits per heavy atom. The van der Waals surface area contributed by atoms with Crippen molar-refractivity contribution in [3.63, 3.8) is 0 Å². The molecule has 2 rings (SSSR count). The van der Waals surface area contributed by atoms with Gasteiger partial charge in [0, 0.05) is 10.0 Å². The van der Waals surface area contributed by atoms with Gasteiger partial charge in [0.1, 0.15) is 11.5 Å². The molecule has 0 N–H and O–H groups in total. The molecule has 106 valence electrons. The number of carbonyl (C=O) groups excluding carboxylic acids is 1. The summed E-state index contributed by atoms with van der Waals surface area (Å²) in [7, 11) is 0. The van der Waals surface area contributed by atoms with Crippen molar-refractivity contribution in [3.05, 3.63) is 56.9 Å². The summed E-state index contributed by atoms with van der Waals surface area (Å²) in [5.41, 5.74) is -1.20. The zero-order valence-corrected chi connectivity index (χ0v) is 12.2. The molecule has 6 heteroatoms. The second kappa shape index (κ2) is 5.09. The minimum absolute atomic E-state index is 0.148. The minimum atomic E-state index is -4.60. The number of carbonyl (C=O) groups is 1. The first-order valence-corrected chi connectivity index (χ1v) is 6.48. The summed E-state index contributed by atoms with van der Waals surface area (Å²) in [6.07, 6.45) is -4.60. The van der Waals surface area contributed by atoms with Crippen LogP contribution >= 0.6 is 15.9 Å². The fourth-order valence-corrected chi connectivity index (χ4v) is 2.31. The molecule has 1 heterocycles. The van der Waals surface area contributed by atoms with Gasteiger partial charge in [-0.1, -0.05) is 15.9 Å². The molecule has 0 fully saturated rings. The average Bonchev–Trinajstić information content (AvgIpc) is 2.66. The molecular formula is C14H10BrF3O2. The van der Waals surface area contributed by atoms with E-state index >= 15 is 0 Å². The summed E-state index contributed by atoms with van der Waals surface area (Å²) in [4.78, 5) is 12.3. The van der Waals surface area contributed by atoms with E-state index in [0.29, 0.717) is 11.5 Å². The van der Waals surface area contributed by atoms with Crippen LogP contribution in [0, 0.1) is 13.8 Å². The Morgan fingerprint density at radius 1 is 1.15 bits per heavy atom. The van der Waals surface area contributed by atoms with E-state index in [1.807, 2.05) is 0 Å². The summed E-state index contributed by atoms with van der Waals surface area (Å²) in [6, 6.07) is 4.91. The van der Waals surface area contributed by atoms with Crippen LogP contribution in [0.15, 0.2) is 33.2 Å². The second-order valence-corrected chi connectivity index (χ2v) is 5.26. The zero-order valence-electron chi connectivity index (χ0n) is 10.6. The van der Waals surface area contributed by atoms with Gasteiger partial charge in [0.2, 0.25) is 0 Å². The number of hydrogen-bond acceptors (Lipinski definition) is 2. The molecule has 2 aromatic rings. The first-order valence-electron chi connectivity index (χ1n) is 5.68. The number of ketones is 1.